The number of hydrogen-bond donors (Lipinski definition) is 2. The fourth-order valence-electron chi connectivity index (χ4n) is 1.96. The summed E-state index contributed by atoms with van der Waals surface area (Å²) >= 11 is 0. The van der Waals surface area contributed by atoms with E-state index in [4.69, 9.17) is 0 Å². The van der Waals surface area contributed by atoms with Crippen LogP contribution in [-0.4, -0.2) is 24.1 Å². The Labute approximate surface area is 108 Å². The van der Waals surface area contributed by atoms with Crippen LogP contribution in [0, 0.1) is 13.8 Å². The fourth-order valence-corrected chi connectivity index (χ4v) is 1.96. The van der Waals surface area contributed by atoms with Gasteiger partial charge in [-0.15, -0.1) is 0 Å². The van der Waals surface area contributed by atoms with E-state index >= 15 is 0 Å². The molecule has 96 valence electrons. The second kappa shape index (κ2) is 5.12. The van der Waals surface area contributed by atoms with E-state index in [-0.39, 0.29) is 0 Å². The maximum absolute atomic E-state index is 4.19. The van der Waals surface area contributed by atoms with Gasteiger partial charge in [0.15, 0.2) is 0 Å². The van der Waals surface area contributed by atoms with Crippen LogP contribution in [0.3, 0.4) is 0 Å². The van der Waals surface area contributed by atoms with E-state index in [1.807, 2.05) is 13.1 Å². The Kier molecular flexibility index (Phi) is 3.55. The Bertz CT molecular complexity index is 528. The van der Waals surface area contributed by atoms with Gasteiger partial charge in [-0.25, -0.2) is 4.98 Å². The minimum Gasteiger partial charge on any atom is -0.379 e. The number of benzene rings is 1. The Morgan fingerprint density at radius 2 is 2.06 bits per heavy atom. The Balaban J connectivity index is 2.08. The third-order valence-corrected chi connectivity index (χ3v) is 2.93. The SMILES string of the molecule is Cc1ncc(CNc2ccc(C)c(N(C)C)c2)[nH]1. The maximum Gasteiger partial charge on any atom is 0.103 e. The van der Waals surface area contributed by atoms with E-state index in [1.54, 1.807) is 0 Å². The van der Waals surface area contributed by atoms with Crippen molar-refractivity contribution in [1.82, 2.24) is 9.97 Å². The third-order valence-electron chi connectivity index (χ3n) is 2.93. The van der Waals surface area contributed by atoms with Crippen LogP contribution in [0.2, 0.25) is 0 Å². The molecule has 1 aromatic heterocycles. The smallest absolute Gasteiger partial charge is 0.103 e. The number of hydrogen-bond acceptors (Lipinski definition) is 3. The molecule has 1 heterocycles. The highest BCUT2D eigenvalue weighted by molar-refractivity contribution is 5.61. The van der Waals surface area contributed by atoms with E-state index < -0.39 is 0 Å². The average molecular weight is 244 g/mol. The molecule has 18 heavy (non-hydrogen) atoms. The molecule has 0 aliphatic heterocycles. The van der Waals surface area contributed by atoms with Crippen LogP contribution in [0.1, 0.15) is 17.1 Å². The van der Waals surface area contributed by atoms with Crippen molar-refractivity contribution >= 4 is 11.4 Å². The molecule has 0 amide bonds. The molecule has 0 bridgehead atoms. The molecular weight excluding hydrogens is 224 g/mol. The van der Waals surface area contributed by atoms with Gasteiger partial charge in [0.1, 0.15) is 5.82 Å². The molecule has 4 heteroatoms. The first-order valence-electron chi connectivity index (χ1n) is 6.08. The van der Waals surface area contributed by atoms with Gasteiger partial charge in [0.05, 0.1) is 18.4 Å². The van der Waals surface area contributed by atoms with Crippen molar-refractivity contribution < 1.29 is 0 Å². The van der Waals surface area contributed by atoms with Crippen molar-refractivity contribution in [1.29, 1.82) is 0 Å². The van der Waals surface area contributed by atoms with Crippen LogP contribution in [-0.2, 0) is 6.54 Å². The molecule has 1 aromatic carbocycles. The number of anilines is 2. The first-order chi connectivity index (χ1) is 8.56. The van der Waals surface area contributed by atoms with Crippen molar-refractivity contribution in [3.63, 3.8) is 0 Å². The molecule has 0 unspecified atom stereocenters. The van der Waals surface area contributed by atoms with Gasteiger partial charge in [0.25, 0.3) is 0 Å². The minimum absolute atomic E-state index is 0.761. The second-order valence-corrected chi connectivity index (χ2v) is 4.74. The van der Waals surface area contributed by atoms with Crippen molar-refractivity contribution in [2.45, 2.75) is 20.4 Å². The molecule has 0 atom stereocenters. The molecule has 0 saturated heterocycles. The first-order valence-corrected chi connectivity index (χ1v) is 6.08. The summed E-state index contributed by atoms with van der Waals surface area (Å²) in [5.41, 5.74) is 4.74. The van der Waals surface area contributed by atoms with Gasteiger partial charge < -0.3 is 15.2 Å². The van der Waals surface area contributed by atoms with Gasteiger partial charge in [-0.2, -0.15) is 0 Å². The van der Waals surface area contributed by atoms with Crippen molar-refractivity contribution in [3.05, 3.63) is 41.5 Å². The van der Waals surface area contributed by atoms with Crippen LogP contribution < -0.4 is 10.2 Å². The van der Waals surface area contributed by atoms with Crippen LogP contribution in [0.25, 0.3) is 0 Å². The zero-order valence-electron chi connectivity index (χ0n) is 11.4. The maximum atomic E-state index is 4.19. The highest BCUT2D eigenvalue weighted by Crippen LogP contribution is 2.22. The van der Waals surface area contributed by atoms with Crippen LogP contribution >= 0.6 is 0 Å². The molecule has 0 aliphatic carbocycles. The Morgan fingerprint density at radius 1 is 1.28 bits per heavy atom. The summed E-state index contributed by atoms with van der Waals surface area (Å²) in [4.78, 5) is 9.52. The molecular formula is C14H20N4. The van der Waals surface area contributed by atoms with E-state index in [0.29, 0.717) is 0 Å². The Hall–Kier alpha value is -1.97. The minimum atomic E-state index is 0.761. The largest absolute Gasteiger partial charge is 0.379 e. The molecule has 0 spiro atoms. The molecule has 0 saturated carbocycles. The van der Waals surface area contributed by atoms with Crippen LogP contribution in [0.15, 0.2) is 24.4 Å². The monoisotopic (exact) mass is 244 g/mol. The highest BCUT2D eigenvalue weighted by atomic mass is 15.1. The number of aryl methyl sites for hydroxylation is 2. The van der Waals surface area contributed by atoms with Crippen molar-refractivity contribution in [2.24, 2.45) is 0 Å². The summed E-state index contributed by atoms with van der Waals surface area (Å²) in [6, 6.07) is 6.40. The third kappa shape index (κ3) is 2.83. The fraction of sp³-hybridized carbons (Fsp3) is 0.357. The van der Waals surface area contributed by atoms with Crippen LogP contribution in [0.4, 0.5) is 11.4 Å². The standard InChI is InChI=1S/C14H20N4/c1-10-5-6-12(7-14(10)18(3)4)16-9-13-8-15-11(2)17-13/h5-8,16H,9H2,1-4H3,(H,15,17). The van der Waals surface area contributed by atoms with Gasteiger partial charge in [-0.3, -0.25) is 0 Å². The van der Waals surface area contributed by atoms with Gasteiger partial charge in [0, 0.05) is 25.5 Å². The number of rotatable bonds is 4. The zero-order chi connectivity index (χ0) is 13.1. The first kappa shape index (κ1) is 12.5. The average Bonchev–Trinajstić information content (AvgIpc) is 2.74. The molecule has 0 radical (unpaired) electrons. The Morgan fingerprint density at radius 3 is 2.67 bits per heavy atom. The molecule has 4 nitrogen and oxygen atoms in total. The molecule has 2 N–H and O–H groups in total. The lowest BCUT2D eigenvalue weighted by molar-refractivity contribution is 1.04. The van der Waals surface area contributed by atoms with Gasteiger partial charge in [0.2, 0.25) is 0 Å². The highest BCUT2D eigenvalue weighted by Gasteiger charge is 2.03. The number of nitrogens with one attached hydrogen (secondary N) is 2. The number of nitrogens with zero attached hydrogens (tertiary/aromatic N) is 2. The molecule has 2 aromatic rings. The number of aromatic nitrogens is 2. The quantitative estimate of drug-likeness (QED) is 0.869. The summed E-state index contributed by atoms with van der Waals surface area (Å²) in [5, 5.41) is 3.40. The summed E-state index contributed by atoms with van der Waals surface area (Å²) in [7, 11) is 4.12. The molecule has 0 aliphatic rings. The topological polar surface area (TPSA) is 44.0 Å². The van der Waals surface area contributed by atoms with E-state index in [0.717, 1.165) is 23.8 Å². The molecule has 0 fully saturated rings. The lowest BCUT2D eigenvalue weighted by Gasteiger charge is -2.17. The summed E-state index contributed by atoms with van der Waals surface area (Å²) in [6.45, 7) is 4.84. The lowest BCUT2D eigenvalue weighted by Crippen LogP contribution is -2.11. The molecule has 2 rings (SSSR count). The normalized spacial score (nSPS) is 10.4. The lowest BCUT2D eigenvalue weighted by atomic mass is 10.1. The predicted molar refractivity (Wildman–Crippen MR) is 76.2 cm³/mol. The van der Waals surface area contributed by atoms with Gasteiger partial charge in [-0.1, -0.05) is 6.07 Å². The predicted octanol–water partition coefficient (Wildman–Crippen LogP) is 2.70. The summed E-state index contributed by atoms with van der Waals surface area (Å²) in [5.74, 6) is 0.949. The second-order valence-electron chi connectivity index (χ2n) is 4.74. The van der Waals surface area contributed by atoms with Gasteiger partial charge in [-0.05, 0) is 31.5 Å². The zero-order valence-corrected chi connectivity index (χ0v) is 11.4. The van der Waals surface area contributed by atoms with E-state index in [9.17, 15) is 0 Å². The van der Waals surface area contributed by atoms with E-state index in [1.165, 1.54) is 11.3 Å². The van der Waals surface area contributed by atoms with Crippen molar-refractivity contribution in [2.75, 3.05) is 24.3 Å². The van der Waals surface area contributed by atoms with E-state index in [2.05, 4.69) is 59.4 Å². The van der Waals surface area contributed by atoms with Gasteiger partial charge >= 0.3 is 0 Å². The summed E-state index contributed by atoms with van der Waals surface area (Å²) < 4.78 is 0. The van der Waals surface area contributed by atoms with Crippen LogP contribution in [0.5, 0.6) is 0 Å². The van der Waals surface area contributed by atoms with Crippen molar-refractivity contribution in [3.8, 4) is 0 Å². The number of aromatic amines is 1. The number of imidazole rings is 1. The number of H-pyrrole nitrogens is 1. The summed E-state index contributed by atoms with van der Waals surface area (Å²) in [6.07, 6.45) is 1.86.